The minimum atomic E-state index is -0.549. The first-order chi connectivity index (χ1) is 12.2. The van der Waals surface area contributed by atoms with Crippen LogP contribution in [0.4, 0.5) is 0 Å². The highest BCUT2D eigenvalue weighted by Gasteiger charge is 2.10. The van der Waals surface area contributed by atoms with Crippen molar-refractivity contribution in [2.75, 3.05) is 26.0 Å². The van der Waals surface area contributed by atoms with Crippen molar-refractivity contribution in [2.45, 2.75) is 5.75 Å². The number of nitrogens with one attached hydrogen (secondary N) is 1. The van der Waals surface area contributed by atoms with Crippen molar-refractivity contribution in [3.8, 4) is 5.75 Å². The number of carbonyl (C=O) groups is 2. The molecule has 0 aliphatic carbocycles. The van der Waals surface area contributed by atoms with Crippen molar-refractivity contribution in [2.24, 2.45) is 0 Å². The quantitative estimate of drug-likeness (QED) is 0.551. The number of carbonyl (C=O) groups excluding carboxylic acids is 2. The number of benzene rings is 2. The lowest BCUT2D eigenvalue weighted by Gasteiger charge is -2.07. The predicted octanol–water partition coefficient (Wildman–Crippen LogP) is 2.90. The minimum Gasteiger partial charge on any atom is -0.497 e. The second-order valence-corrected chi connectivity index (χ2v) is 6.30. The number of thioether (sulfide) groups is 1. The van der Waals surface area contributed by atoms with Gasteiger partial charge in [0.05, 0.1) is 12.7 Å². The first kappa shape index (κ1) is 18.9. The van der Waals surface area contributed by atoms with Crippen molar-refractivity contribution in [1.82, 2.24) is 5.32 Å². The molecule has 0 unspecified atom stereocenters. The summed E-state index contributed by atoms with van der Waals surface area (Å²) >= 11 is 1.74. The second-order valence-electron chi connectivity index (χ2n) is 5.20. The van der Waals surface area contributed by atoms with E-state index in [1.165, 1.54) is 12.7 Å². The van der Waals surface area contributed by atoms with Crippen LogP contribution in [0.3, 0.4) is 0 Å². The van der Waals surface area contributed by atoms with Crippen molar-refractivity contribution in [3.63, 3.8) is 0 Å². The average Bonchev–Trinajstić information content (AvgIpc) is 2.66. The van der Waals surface area contributed by atoms with Gasteiger partial charge in [0.2, 0.25) is 0 Å². The van der Waals surface area contributed by atoms with Crippen LogP contribution in [-0.4, -0.2) is 37.9 Å². The summed E-state index contributed by atoms with van der Waals surface area (Å²) in [6.07, 6.45) is 0. The van der Waals surface area contributed by atoms with Gasteiger partial charge in [-0.1, -0.05) is 36.4 Å². The van der Waals surface area contributed by atoms with E-state index in [2.05, 4.69) is 17.4 Å². The Morgan fingerprint density at radius 3 is 2.64 bits per heavy atom. The molecule has 0 saturated carbocycles. The molecule has 2 aromatic rings. The average molecular weight is 359 g/mol. The molecular formula is C19H21NO4S. The normalized spacial score (nSPS) is 10.1. The summed E-state index contributed by atoms with van der Waals surface area (Å²) < 4.78 is 10.1. The topological polar surface area (TPSA) is 64.6 Å². The lowest BCUT2D eigenvalue weighted by molar-refractivity contribution is -0.124. The van der Waals surface area contributed by atoms with Gasteiger partial charge >= 0.3 is 5.97 Å². The predicted molar refractivity (Wildman–Crippen MR) is 98.9 cm³/mol. The zero-order chi connectivity index (χ0) is 17.9. The number of amides is 1. The van der Waals surface area contributed by atoms with Gasteiger partial charge < -0.3 is 14.8 Å². The molecule has 0 heterocycles. The van der Waals surface area contributed by atoms with Gasteiger partial charge in [0, 0.05) is 18.1 Å². The van der Waals surface area contributed by atoms with E-state index in [1.54, 1.807) is 36.0 Å². The van der Waals surface area contributed by atoms with Crippen molar-refractivity contribution in [1.29, 1.82) is 0 Å². The Morgan fingerprint density at radius 1 is 1.08 bits per heavy atom. The van der Waals surface area contributed by atoms with Crippen LogP contribution in [0.5, 0.6) is 5.75 Å². The van der Waals surface area contributed by atoms with Gasteiger partial charge in [-0.05, 0) is 23.8 Å². The monoisotopic (exact) mass is 359 g/mol. The fourth-order valence-corrected chi connectivity index (χ4v) is 2.86. The highest BCUT2D eigenvalue weighted by Crippen LogP contribution is 2.13. The molecule has 0 atom stereocenters. The standard InChI is InChI=1S/C19H21NO4S/c1-23-17-9-5-8-16(12-17)19(22)24-13-18(21)20-10-11-25-14-15-6-3-2-4-7-15/h2-9,12H,10-11,13-14H2,1H3,(H,20,21). The molecular weight excluding hydrogens is 338 g/mol. The van der Waals surface area contributed by atoms with Gasteiger partial charge in [0.1, 0.15) is 5.75 Å². The number of esters is 1. The van der Waals surface area contributed by atoms with Crippen LogP contribution in [0.15, 0.2) is 54.6 Å². The molecule has 0 aliphatic rings. The van der Waals surface area contributed by atoms with Crippen LogP contribution in [0.1, 0.15) is 15.9 Å². The molecule has 0 spiro atoms. The largest absolute Gasteiger partial charge is 0.497 e. The molecule has 1 amide bonds. The fourth-order valence-electron chi connectivity index (χ4n) is 2.04. The van der Waals surface area contributed by atoms with Crippen molar-refractivity contribution < 1.29 is 19.1 Å². The van der Waals surface area contributed by atoms with Crippen molar-refractivity contribution in [3.05, 3.63) is 65.7 Å². The van der Waals surface area contributed by atoms with Gasteiger partial charge in [-0.15, -0.1) is 0 Å². The maximum atomic E-state index is 11.9. The van der Waals surface area contributed by atoms with Gasteiger partial charge in [0.15, 0.2) is 6.61 Å². The number of ether oxygens (including phenoxy) is 2. The highest BCUT2D eigenvalue weighted by molar-refractivity contribution is 7.98. The molecule has 6 heteroatoms. The van der Waals surface area contributed by atoms with Crippen LogP contribution in [0.2, 0.25) is 0 Å². The second kappa shape index (κ2) is 10.4. The Kier molecular flexibility index (Phi) is 7.85. The highest BCUT2D eigenvalue weighted by atomic mass is 32.2. The van der Waals surface area contributed by atoms with E-state index in [9.17, 15) is 9.59 Å². The van der Waals surface area contributed by atoms with Gasteiger partial charge in [-0.3, -0.25) is 4.79 Å². The lowest BCUT2D eigenvalue weighted by atomic mass is 10.2. The molecule has 1 N–H and O–H groups in total. The first-order valence-corrected chi connectivity index (χ1v) is 9.04. The maximum absolute atomic E-state index is 11.9. The summed E-state index contributed by atoms with van der Waals surface area (Å²) in [4.78, 5) is 23.6. The van der Waals surface area contributed by atoms with E-state index in [0.29, 0.717) is 17.9 Å². The van der Waals surface area contributed by atoms with Gasteiger partial charge in [-0.2, -0.15) is 11.8 Å². The smallest absolute Gasteiger partial charge is 0.338 e. The number of methoxy groups -OCH3 is 1. The molecule has 0 saturated heterocycles. The molecule has 2 rings (SSSR count). The molecule has 132 valence electrons. The third kappa shape index (κ3) is 6.89. The molecule has 0 aliphatic heterocycles. The van der Waals surface area contributed by atoms with E-state index in [0.717, 1.165) is 11.5 Å². The maximum Gasteiger partial charge on any atom is 0.338 e. The molecule has 25 heavy (non-hydrogen) atoms. The summed E-state index contributed by atoms with van der Waals surface area (Å²) in [6, 6.07) is 16.8. The van der Waals surface area contributed by atoms with Crippen LogP contribution in [0, 0.1) is 0 Å². The number of hydrogen-bond donors (Lipinski definition) is 1. The zero-order valence-corrected chi connectivity index (χ0v) is 14.9. The molecule has 0 fully saturated rings. The van der Waals surface area contributed by atoms with Crippen molar-refractivity contribution >= 4 is 23.6 Å². The minimum absolute atomic E-state index is 0.292. The molecule has 0 aromatic heterocycles. The molecule has 0 bridgehead atoms. The van der Waals surface area contributed by atoms with Gasteiger partial charge in [-0.25, -0.2) is 4.79 Å². The van der Waals surface area contributed by atoms with Crippen LogP contribution < -0.4 is 10.1 Å². The van der Waals surface area contributed by atoms with E-state index >= 15 is 0 Å². The van der Waals surface area contributed by atoms with Crippen LogP contribution in [-0.2, 0) is 15.3 Å². The summed E-state index contributed by atoms with van der Waals surface area (Å²) in [5, 5.41) is 2.74. The Morgan fingerprint density at radius 2 is 1.88 bits per heavy atom. The molecule has 2 aromatic carbocycles. The van der Waals surface area contributed by atoms with E-state index < -0.39 is 5.97 Å². The van der Waals surface area contributed by atoms with E-state index in [-0.39, 0.29) is 12.5 Å². The summed E-state index contributed by atoms with van der Waals surface area (Å²) in [5.74, 6) is 1.41. The number of hydrogen-bond acceptors (Lipinski definition) is 5. The first-order valence-electron chi connectivity index (χ1n) is 7.88. The van der Waals surface area contributed by atoms with Crippen LogP contribution >= 0.6 is 11.8 Å². The third-order valence-corrected chi connectivity index (χ3v) is 4.35. The molecule has 0 radical (unpaired) electrons. The molecule has 5 nitrogen and oxygen atoms in total. The lowest BCUT2D eigenvalue weighted by Crippen LogP contribution is -2.30. The Hall–Kier alpha value is -2.47. The summed E-state index contributed by atoms with van der Waals surface area (Å²) in [7, 11) is 1.52. The number of rotatable bonds is 9. The Bertz CT molecular complexity index is 691. The fraction of sp³-hybridized carbons (Fsp3) is 0.263. The van der Waals surface area contributed by atoms with E-state index in [1.807, 2.05) is 18.2 Å². The van der Waals surface area contributed by atoms with Gasteiger partial charge in [0.25, 0.3) is 5.91 Å². The van der Waals surface area contributed by atoms with Crippen LogP contribution in [0.25, 0.3) is 0 Å². The Labute approximate surface area is 151 Å². The SMILES string of the molecule is COc1cccc(C(=O)OCC(=O)NCCSCc2ccccc2)c1. The zero-order valence-electron chi connectivity index (χ0n) is 14.1. The summed E-state index contributed by atoms with van der Waals surface area (Å²) in [6.45, 7) is 0.242. The summed E-state index contributed by atoms with van der Waals surface area (Å²) in [5.41, 5.74) is 1.61. The Balaban J connectivity index is 1.61. The third-order valence-electron chi connectivity index (χ3n) is 3.32. The van der Waals surface area contributed by atoms with E-state index in [4.69, 9.17) is 9.47 Å².